The van der Waals surface area contributed by atoms with Crippen LogP contribution < -0.4 is 10.2 Å². The summed E-state index contributed by atoms with van der Waals surface area (Å²) < 4.78 is 37.9. The lowest BCUT2D eigenvalue weighted by atomic mass is 9.97. The van der Waals surface area contributed by atoms with Crippen molar-refractivity contribution in [1.82, 2.24) is 5.32 Å². The van der Waals surface area contributed by atoms with Gasteiger partial charge in [0.2, 0.25) is 0 Å². The van der Waals surface area contributed by atoms with Crippen molar-refractivity contribution in [3.8, 4) is 0 Å². The summed E-state index contributed by atoms with van der Waals surface area (Å²) in [7, 11) is 0. The lowest BCUT2D eigenvalue weighted by molar-refractivity contribution is -0.137. The van der Waals surface area contributed by atoms with Crippen LogP contribution in [0.5, 0.6) is 0 Å². The Morgan fingerprint density at radius 2 is 1.86 bits per heavy atom. The monoisotopic (exact) mass is 300 g/mol. The summed E-state index contributed by atoms with van der Waals surface area (Å²) in [4.78, 5) is 2.24. The zero-order chi connectivity index (χ0) is 15.6. The minimum atomic E-state index is -4.27. The third-order valence-corrected chi connectivity index (χ3v) is 4.25. The van der Waals surface area contributed by atoms with Crippen LogP contribution in [0.2, 0.25) is 0 Å². The average molecular weight is 300 g/mol. The summed E-state index contributed by atoms with van der Waals surface area (Å²) in [5.41, 5.74) is 0.289. The second-order valence-electron chi connectivity index (χ2n) is 6.02. The van der Waals surface area contributed by atoms with Crippen LogP contribution in [0.4, 0.5) is 18.9 Å². The average Bonchev–Trinajstić information content (AvgIpc) is 2.45. The van der Waals surface area contributed by atoms with Crippen molar-refractivity contribution in [2.24, 2.45) is 5.92 Å². The minimum absolute atomic E-state index is 0.330. The third-order valence-electron chi connectivity index (χ3n) is 4.25. The van der Waals surface area contributed by atoms with Gasteiger partial charge < -0.3 is 10.2 Å². The highest BCUT2D eigenvalue weighted by molar-refractivity contribution is 5.50. The molecule has 21 heavy (non-hydrogen) atoms. The lowest BCUT2D eigenvalue weighted by Gasteiger charge is -2.43. The molecule has 2 unspecified atom stereocenters. The third kappa shape index (κ3) is 3.70. The Morgan fingerprint density at radius 3 is 2.33 bits per heavy atom. The van der Waals surface area contributed by atoms with E-state index in [9.17, 15) is 13.2 Å². The molecule has 0 spiro atoms. The second kappa shape index (κ2) is 6.26. The maximum absolute atomic E-state index is 12.6. The Hall–Kier alpha value is -1.23. The van der Waals surface area contributed by atoms with Crippen LogP contribution in [-0.4, -0.2) is 25.2 Å². The molecule has 1 N–H and O–H groups in total. The van der Waals surface area contributed by atoms with Gasteiger partial charge >= 0.3 is 6.18 Å². The molecule has 1 heterocycles. The maximum Gasteiger partial charge on any atom is 0.416 e. The summed E-state index contributed by atoms with van der Waals surface area (Å²) in [6, 6.07) is 6.23. The van der Waals surface area contributed by atoms with Gasteiger partial charge in [-0.15, -0.1) is 0 Å². The van der Waals surface area contributed by atoms with Crippen molar-refractivity contribution in [3.05, 3.63) is 29.8 Å². The molecule has 2 atom stereocenters. The summed E-state index contributed by atoms with van der Waals surface area (Å²) >= 11 is 0. The van der Waals surface area contributed by atoms with Crippen molar-refractivity contribution >= 4 is 5.69 Å². The molecular formula is C16H23F3N2. The molecule has 5 heteroatoms. The molecule has 0 amide bonds. The van der Waals surface area contributed by atoms with Crippen LogP contribution in [0.3, 0.4) is 0 Å². The molecule has 0 radical (unpaired) electrons. The number of alkyl halides is 3. The molecule has 2 rings (SSSR count). The maximum atomic E-state index is 12.6. The van der Waals surface area contributed by atoms with Crippen LogP contribution >= 0.6 is 0 Å². The van der Waals surface area contributed by atoms with E-state index < -0.39 is 11.7 Å². The van der Waals surface area contributed by atoms with Gasteiger partial charge in [-0.2, -0.15) is 13.2 Å². The number of hydrogen-bond acceptors (Lipinski definition) is 2. The molecule has 1 aromatic rings. The first kappa shape index (κ1) is 16.1. The van der Waals surface area contributed by atoms with E-state index in [0.717, 1.165) is 25.2 Å². The zero-order valence-electron chi connectivity index (χ0n) is 12.7. The predicted molar refractivity (Wildman–Crippen MR) is 79.5 cm³/mol. The highest BCUT2D eigenvalue weighted by atomic mass is 19.4. The van der Waals surface area contributed by atoms with Crippen molar-refractivity contribution in [2.75, 3.05) is 18.0 Å². The van der Waals surface area contributed by atoms with E-state index >= 15 is 0 Å². The van der Waals surface area contributed by atoms with Gasteiger partial charge in [-0.25, -0.2) is 0 Å². The standard InChI is InChI=1S/C16H23F3N2/c1-4-13-9-20-15(11(2)3)10-21(13)14-7-5-12(6-8-14)16(17,18)19/h5-8,11,13,15,20H,4,9-10H2,1-3H3. The van der Waals surface area contributed by atoms with Crippen LogP contribution in [-0.2, 0) is 6.18 Å². The number of anilines is 1. The van der Waals surface area contributed by atoms with Crippen molar-refractivity contribution in [3.63, 3.8) is 0 Å². The lowest BCUT2D eigenvalue weighted by Crippen LogP contribution is -2.58. The van der Waals surface area contributed by atoms with Crippen LogP contribution in [0.1, 0.15) is 32.8 Å². The first-order chi connectivity index (χ1) is 9.82. The molecular weight excluding hydrogens is 277 g/mol. The largest absolute Gasteiger partial charge is 0.416 e. The van der Waals surface area contributed by atoms with Crippen LogP contribution in [0.25, 0.3) is 0 Å². The van der Waals surface area contributed by atoms with Gasteiger partial charge in [0.25, 0.3) is 0 Å². The highest BCUT2D eigenvalue weighted by Gasteiger charge is 2.32. The molecule has 0 bridgehead atoms. The van der Waals surface area contributed by atoms with Crippen LogP contribution in [0.15, 0.2) is 24.3 Å². The Labute approximate surface area is 124 Å². The quantitative estimate of drug-likeness (QED) is 0.910. The van der Waals surface area contributed by atoms with E-state index in [4.69, 9.17) is 0 Å². The van der Waals surface area contributed by atoms with Crippen LogP contribution in [0, 0.1) is 5.92 Å². The molecule has 0 saturated carbocycles. The number of nitrogens with one attached hydrogen (secondary N) is 1. The smallest absolute Gasteiger partial charge is 0.366 e. The minimum Gasteiger partial charge on any atom is -0.366 e. The number of hydrogen-bond donors (Lipinski definition) is 1. The van der Waals surface area contributed by atoms with E-state index in [0.29, 0.717) is 18.0 Å². The molecule has 118 valence electrons. The SMILES string of the molecule is CCC1CNC(C(C)C)CN1c1ccc(C(F)(F)F)cc1. The fourth-order valence-electron chi connectivity index (χ4n) is 2.79. The molecule has 1 aromatic carbocycles. The number of piperazine rings is 1. The first-order valence-electron chi connectivity index (χ1n) is 7.50. The van der Waals surface area contributed by atoms with E-state index in [1.165, 1.54) is 12.1 Å². The summed E-state index contributed by atoms with van der Waals surface area (Å²) in [5, 5.41) is 3.53. The van der Waals surface area contributed by atoms with E-state index in [1.54, 1.807) is 12.1 Å². The van der Waals surface area contributed by atoms with E-state index in [-0.39, 0.29) is 0 Å². The molecule has 1 aliphatic rings. The van der Waals surface area contributed by atoms with Gasteiger partial charge in [-0.1, -0.05) is 20.8 Å². The predicted octanol–water partition coefficient (Wildman–Crippen LogP) is 3.92. The molecule has 1 aliphatic heterocycles. The first-order valence-corrected chi connectivity index (χ1v) is 7.50. The topological polar surface area (TPSA) is 15.3 Å². The van der Waals surface area contributed by atoms with Crippen molar-refractivity contribution in [2.45, 2.75) is 45.5 Å². The van der Waals surface area contributed by atoms with E-state index in [1.807, 2.05) is 0 Å². The Morgan fingerprint density at radius 1 is 1.24 bits per heavy atom. The van der Waals surface area contributed by atoms with Gasteiger partial charge in [-0.3, -0.25) is 0 Å². The summed E-state index contributed by atoms with van der Waals surface area (Å²) in [6.45, 7) is 8.14. The van der Waals surface area contributed by atoms with Crippen molar-refractivity contribution in [1.29, 1.82) is 0 Å². The molecule has 2 nitrogen and oxygen atoms in total. The normalized spacial score (nSPS) is 23.7. The zero-order valence-corrected chi connectivity index (χ0v) is 12.7. The Balaban J connectivity index is 2.20. The van der Waals surface area contributed by atoms with Crippen molar-refractivity contribution < 1.29 is 13.2 Å². The van der Waals surface area contributed by atoms with Gasteiger partial charge in [0.05, 0.1) is 5.56 Å². The van der Waals surface area contributed by atoms with Gasteiger partial charge in [0.15, 0.2) is 0 Å². The van der Waals surface area contributed by atoms with Gasteiger partial charge in [-0.05, 0) is 36.6 Å². The van der Waals surface area contributed by atoms with Gasteiger partial charge in [0.1, 0.15) is 0 Å². The summed E-state index contributed by atoms with van der Waals surface area (Å²) in [6.07, 6.45) is -3.30. The fraction of sp³-hybridized carbons (Fsp3) is 0.625. The Bertz CT molecular complexity index is 454. The number of benzene rings is 1. The van der Waals surface area contributed by atoms with E-state index in [2.05, 4.69) is 31.0 Å². The number of nitrogens with zero attached hydrogens (tertiary/aromatic N) is 1. The van der Waals surface area contributed by atoms with Gasteiger partial charge in [0, 0.05) is 30.9 Å². The molecule has 0 aliphatic carbocycles. The second-order valence-corrected chi connectivity index (χ2v) is 6.02. The number of rotatable bonds is 3. The molecule has 0 aromatic heterocycles. The fourth-order valence-corrected chi connectivity index (χ4v) is 2.79. The highest BCUT2D eigenvalue weighted by Crippen LogP contribution is 2.31. The Kier molecular flexibility index (Phi) is 4.81. The number of halogens is 3. The molecule has 1 fully saturated rings. The molecule has 1 saturated heterocycles. The summed E-state index contributed by atoms with van der Waals surface area (Å²) in [5.74, 6) is 0.500.